The van der Waals surface area contributed by atoms with Gasteiger partial charge in [0.15, 0.2) is 0 Å². The van der Waals surface area contributed by atoms with Gasteiger partial charge in [-0.05, 0) is 32.3 Å². The summed E-state index contributed by atoms with van der Waals surface area (Å²) >= 11 is 0. The van der Waals surface area contributed by atoms with E-state index in [1.165, 1.54) is 12.5 Å². The first-order valence-corrected chi connectivity index (χ1v) is 10.6. The number of hydrogen-bond acceptors (Lipinski definition) is 4. The van der Waals surface area contributed by atoms with Gasteiger partial charge in [-0.15, -0.1) is 0 Å². The Morgan fingerprint density at radius 3 is 2.60 bits per heavy atom. The Bertz CT molecular complexity index is 1030. The van der Waals surface area contributed by atoms with Crippen molar-refractivity contribution >= 4 is 11.8 Å². The van der Waals surface area contributed by atoms with Crippen molar-refractivity contribution in [3.63, 3.8) is 0 Å². The van der Waals surface area contributed by atoms with E-state index in [0.29, 0.717) is 49.7 Å². The molecule has 30 heavy (non-hydrogen) atoms. The van der Waals surface area contributed by atoms with Gasteiger partial charge in [0.05, 0.1) is 18.2 Å². The molecule has 1 aromatic heterocycles. The van der Waals surface area contributed by atoms with Crippen molar-refractivity contribution in [3.8, 4) is 0 Å². The Morgan fingerprint density at radius 2 is 1.90 bits per heavy atom. The van der Waals surface area contributed by atoms with Crippen molar-refractivity contribution in [2.75, 3.05) is 19.6 Å². The summed E-state index contributed by atoms with van der Waals surface area (Å²) < 4.78 is 0. The molecule has 0 saturated carbocycles. The number of nitrogens with zero attached hydrogens (tertiary/aromatic N) is 3. The molecule has 2 aromatic rings. The summed E-state index contributed by atoms with van der Waals surface area (Å²) in [5.41, 5.74) is 3.43. The second-order valence-electron chi connectivity index (χ2n) is 8.47. The minimum absolute atomic E-state index is 0.00451. The molecule has 2 amide bonds. The van der Waals surface area contributed by atoms with Crippen molar-refractivity contribution in [2.45, 2.75) is 52.0 Å². The molecule has 1 fully saturated rings. The third-order valence-electron chi connectivity index (χ3n) is 6.37. The van der Waals surface area contributed by atoms with Crippen molar-refractivity contribution in [3.05, 3.63) is 62.8 Å². The van der Waals surface area contributed by atoms with Gasteiger partial charge in [0.1, 0.15) is 5.82 Å². The molecule has 7 nitrogen and oxygen atoms in total. The fourth-order valence-corrected chi connectivity index (χ4v) is 4.38. The van der Waals surface area contributed by atoms with Crippen LogP contribution >= 0.6 is 0 Å². The summed E-state index contributed by atoms with van der Waals surface area (Å²) in [7, 11) is 0. The van der Waals surface area contributed by atoms with E-state index in [1.54, 1.807) is 4.90 Å². The lowest BCUT2D eigenvalue weighted by Crippen LogP contribution is -2.38. The summed E-state index contributed by atoms with van der Waals surface area (Å²) in [6.45, 7) is 7.64. The van der Waals surface area contributed by atoms with Gasteiger partial charge in [-0.3, -0.25) is 14.4 Å². The first-order valence-electron chi connectivity index (χ1n) is 10.6. The van der Waals surface area contributed by atoms with Gasteiger partial charge in [0.2, 0.25) is 11.8 Å². The van der Waals surface area contributed by atoms with Crippen LogP contribution in [0.5, 0.6) is 0 Å². The summed E-state index contributed by atoms with van der Waals surface area (Å²) in [5, 5.41) is 0. The van der Waals surface area contributed by atoms with Crippen LogP contribution in [0.3, 0.4) is 0 Å². The number of benzene rings is 1. The van der Waals surface area contributed by atoms with Gasteiger partial charge in [-0.1, -0.05) is 29.8 Å². The van der Waals surface area contributed by atoms with E-state index in [4.69, 9.17) is 4.98 Å². The number of hydrogen-bond donors (Lipinski definition) is 1. The largest absolute Gasteiger partial charge is 0.341 e. The van der Waals surface area contributed by atoms with Crippen molar-refractivity contribution in [2.24, 2.45) is 0 Å². The highest BCUT2D eigenvalue weighted by Crippen LogP contribution is 2.28. The lowest BCUT2D eigenvalue weighted by atomic mass is 9.98. The van der Waals surface area contributed by atoms with Gasteiger partial charge in [0.25, 0.3) is 5.56 Å². The predicted octanol–water partition coefficient (Wildman–Crippen LogP) is 2.10. The van der Waals surface area contributed by atoms with Crippen LogP contribution in [-0.2, 0) is 22.6 Å². The Hall–Kier alpha value is -2.96. The number of H-pyrrole nitrogens is 1. The maximum absolute atomic E-state index is 13.0. The summed E-state index contributed by atoms with van der Waals surface area (Å²) in [6, 6.07) is 8.07. The Kier molecular flexibility index (Phi) is 5.45. The lowest BCUT2D eigenvalue weighted by Gasteiger charge is -2.27. The summed E-state index contributed by atoms with van der Waals surface area (Å²) in [6.07, 6.45) is 1.30. The first-order chi connectivity index (χ1) is 14.3. The molecular weight excluding hydrogens is 380 g/mol. The van der Waals surface area contributed by atoms with Crippen molar-refractivity contribution < 1.29 is 9.59 Å². The fraction of sp³-hybridized carbons (Fsp3) is 0.478. The second kappa shape index (κ2) is 8.05. The average Bonchev–Trinajstić information content (AvgIpc) is 3.23. The molecule has 7 heteroatoms. The van der Waals surface area contributed by atoms with Gasteiger partial charge in [-0.25, -0.2) is 4.98 Å². The van der Waals surface area contributed by atoms with E-state index >= 15 is 0 Å². The minimum Gasteiger partial charge on any atom is -0.341 e. The van der Waals surface area contributed by atoms with E-state index in [-0.39, 0.29) is 29.2 Å². The summed E-state index contributed by atoms with van der Waals surface area (Å²) in [5.74, 6) is 0.521. The highest BCUT2D eigenvalue weighted by atomic mass is 16.2. The molecule has 2 aliphatic rings. The number of fused-ring (bicyclic) bond motifs is 1. The maximum atomic E-state index is 13.0. The van der Waals surface area contributed by atoms with Crippen LogP contribution in [0.4, 0.5) is 0 Å². The molecule has 0 bridgehead atoms. The molecule has 0 spiro atoms. The van der Waals surface area contributed by atoms with Gasteiger partial charge >= 0.3 is 0 Å². The maximum Gasteiger partial charge on any atom is 0.254 e. The second-order valence-corrected chi connectivity index (χ2v) is 8.47. The van der Waals surface area contributed by atoms with Gasteiger partial charge in [-0.2, -0.15) is 0 Å². The number of amides is 2. The van der Waals surface area contributed by atoms with Crippen LogP contribution in [0, 0.1) is 6.92 Å². The lowest BCUT2D eigenvalue weighted by molar-refractivity contribution is -0.131. The van der Waals surface area contributed by atoms with Crippen LogP contribution in [0.1, 0.15) is 60.3 Å². The predicted molar refractivity (Wildman–Crippen MR) is 113 cm³/mol. The number of likely N-dealkylation sites (tertiary alicyclic amines) is 1. The van der Waals surface area contributed by atoms with E-state index < -0.39 is 0 Å². The zero-order valence-corrected chi connectivity index (χ0v) is 17.8. The van der Waals surface area contributed by atoms with Crippen molar-refractivity contribution in [1.29, 1.82) is 0 Å². The van der Waals surface area contributed by atoms with Crippen LogP contribution in [-0.4, -0.2) is 51.2 Å². The molecule has 0 radical (unpaired) electrons. The molecule has 1 aromatic carbocycles. The van der Waals surface area contributed by atoms with E-state index in [0.717, 1.165) is 12.0 Å². The Balaban J connectivity index is 1.49. The van der Waals surface area contributed by atoms with E-state index in [2.05, 4.69) is 4.98 Å². The number of aromatic nitrogens is 2. The quantitative estimate of drug-likeness (QED) is 0.843. The third-order valence-corrected chi connectivity index (χ3v) is 6.37. The molecule has 0 unspecified atom stereocenters. The number of rotatable bonds is 3. The molecule has 4 rings (SSSR count). The molecule has 158 valence electrons. The van der Waals surface area contributed by atoms with E-state index in [1.807, 2.05) is 43.0 Å². The van der Waals surface area contributed by atoms with Crippen LogP contribution in [0.15, 0.2) is 29.1 Å². The monoisotopic (exact) mass is 408 g/mol. The molecule has 1 saturated heterocycles. The number of carbonyl (C=O) groups is 2. The number of nitrogens with one attached hydrogen (secondary N) is 1. The number of aromatic amines is 1. The molecule has 0 aliphatic carbocycles. The molecule has 2 atom stereocenters. The zero-order valence-electron chi connectivity index (χ0n) is 17.8. The van der Waals surface area contributed by atoms with Crippen molar-refractivity contribution in [1.82, 2.24) is 19.8 Å². The molecule has 2 aliphatic heterocycles. The smallest absolute Gasteiger partial charge is 0.254 e. The third kappa shape index (κ3) is 3.88. The van der Waals surface area contributed by atoms with Crippen LogP contribution in [0.2, 0.25) is 0 Å². The molecular formula is C23H28N4O3. The standard InChI is InChI=1S/C23H28N4O3/c1-14-4-6-17(7-5-14)15(2)23(30)27-10-8-18(12-27)21-24-20-13-26(16(3)28)11-9-19(20)22(29)25-21/h4-7,15,18H,8-13H2,1-3H3,(H,24,25,29)/t15-,18-/m0/s1. The zero-order chi connectivity index (χ0) is 21.4. The van der Waals surface area contributed by atoms with E-state index in [9.17, 15) is 14.4 Å². The topological polar surface area (TPSA) is 86.4 Å². The molecule has 3 heterocycles. The highest BCUT2D eigenvalue weighted by Gasteiger charge is 2.32. The fourth-order valence-electron chi connectivity index (χ4n) is 4.38. The van der Waals surface area contributed by atoms with Gasteiger partial charge in [0, 0.05) is 38.0 Å². The Morgan fingerprint density at radius 1 is 1.17 bits per heavy atom. The van der Waals surface area contributed by atoms with Crippen LogP contribution < -0.4 is 5.56 Å². The van der Waals surface area contributed by atoms with Gasteiger partial charge < -0.3 is 14.8 Å². The minimum atomic E-state index is -0.205. The Labute approximate surface area is 176 Å². The molecule has 1 N–H and O–H groups in total. The SMILES string of the molecule is CC(=O)N1CCc2c(nc([C@H]3CCN(C(=O)[C@@H](C)c4ccc(C)cc4)C3)[nH]c2=O)C1. The highest BCUT2D eigenvalue weighted by molar-refractivity contribution is 5.83. The first kappa shape index (κ1) is 20.3. The summed E-state index contributed by atoms with van der Waals surface area (Å²) in [4.78, 5) is 48.5. The number of aryl methyl sites for hydroxylation is 1. The van der Waals surface area contributed by atoms with Crippen LogP contribution in [0.25, 0.3) is 0 Å². The average molecular weight is 409 g/mol. The normalized spacial score (nSPS) is 19.5. The number of carbonyl (C=O) groups excluding carboxylic acids is 2.